The lowest BCUT2D eigenvalue weighted by Crippen LogP contribution is -2.22. The van der Waals surface area contributed by atoms with Gasteiger partial charge in [0.2, 0.25) is 10.0 Å². The van der Waals surface area contributed by atoms with Crippen LogP contribution in [0.2, 0.25) is 5.02 Å². The van der Waals surface area contributed by atoms with E-state index in [2.05, 4.69) is 4.57 Å². The molecule has 3 aromatic rings. The smallest absolute Gasteiger partial charge is 0.242 e. The van der Waals surface area contributed by atoms with Gasteiger partial charge in [0.05, 0.1) is 22.5 Å². The van der Waals surface area contributed by atoms with E-state index >= 15 is 0 Å². The summed E-state index contributed by atoms with van der Waals surface area (Å²) in [5.41, 5.74) is 2.74. The Morgan fingerprint density at radius 2 is 2.00 bits per heavy atom. The number of benzene rings is 2. The number of imidazole rings is 1. The molecule has 0 fully saturated rings. The molecule has 0 aliphatic heterocycles. The van der Waals surface area contributed by atoms with Crippen molar-refractivity contribution in [3.63, 3.8) is 0 Å². The first kappa shape index (κ1) is 21.1. The van der Waals surface area contributed by atoms with Crippen molar-refractivity contribution in [2.24, 2.45) is 0 Å². The standard InChI is InChI=1S/C19H22ClN3O3S2/c1-22(2)28(24,25)16-6-4-5-14(11-16)13-27-19-21-17-12-15(20)7-8-18(17)23(19)9-10-26-3/h4-8,11-12H,9-10,13H2,1-3H3. The van der Waals surface area contributed by atoms with Gasteiger partial charge in [-0.25, -0.2) is 17.7 Å². The molecule has 0 aliphatic rings. The van der Waals surface area contributed by atoms with Crippen LogP contribution in [0.5, 0.6) is 0 Å². The zero-order chi connectivity index (χ0) is 20.3. The monoisotopic (exact) mass is 439 g/mol. The summed E-state index contributed by atoms with van der Waals surface area (Å²) in [7, 11) is 1.27. The van der Waals surface area contributed by atoms with Crippen molar-refractivity contribution in [2.45, 2.75) is 22.3 Å². The molecule has 0 amide bonds. The van der Waals surface area contributed by atoms with Crippen LogP contribution in [-0.2, 0) is 27.1 Å². The summed E-state index contributed by atoms with van der Waals surface area (Å²) in [5, 5.41) is 1.48. The predicted molar refractivity (Wildman–Crippen MR) is 113 cm³/mol. The Labute approximate surface area is 174 Å². The summed E-state index contributed by atoms with van der Waals surface area (Å²) in [6.45, 7) is 1.24. The van der Waals surface area contributed by atoms with Crippen molar-refractivity contribution >= 4 is 44.4 Å². The van der Waals surface area contributed by atoms with Crippen LogP contribution in [0.4, 0.5) is 0 Å². The van der Waals surface area contributed by atoms with Crippen molar-refractivity contribution in [3.05, 3.63) is 53.1 Å². The highest BCUT2D eigenvalue weighted by atomic mass is 35.5. The van der Waals surface area contributed by atoms with Crippen molar-refractivity contribution in [1.29, 1.82) is 0 Å². The average molecular weight is 440 g/mol. The highest BCUT2D eigenvalue weighted by molar-refractivity contribution is 7.98. The summed E-state index contributed by atoms with van der Waals surface area (Å²) < 4.78 is 33.3. The van der Waals surface area contributed by atoms with E-state index in [0.29, 0.717) is 23.9 Å². The molecule has 0 saturated heterocycles. The maximum Gasteiger partial charge on any atom is 0.242 e. The molecule has 6 nitrogen and oxygen atoms in total. The largest absolute Gasteiger partial charge is 0.383 e. The van der Waals surface area contributed by atoms with Crippen molar-refractivity contribution in [3.8, 4) is 0 Å². The molecule has 0 spiro atoms. The van der Waals surface area contributed by atoms with Gasteiger partial charge in [0.1, 0.15) is 0 Å². The van der Waals surface area contributed by atoms with Crippen LogP contribution < -0.4 is 0 Å². The van der Waals surface area contributed by atoms with E-state index in [1.54, 1.807) is 37.1 Å². The third-order valence-electron chi connectivity index (χ3n) is 4.24. The summed E-state index contributed by atoms with van der Waals surface area (Å²) in [6, 6.07) is 12.6. The fraction of sp³-hybridized carbons (Fsp3) is 0.316. The zero-order valence-electron chi connectivity index (χ0n) is 15.9. The van der Waals surface area contributed by atoms with Gasteiger partial charge in [-0.2, -0.15) is 0 Å². The summed E-state index contributed by atoms with van der Waals surface area (Å²) in [6.07, 6.45) is 0. The lowest BCUT2D eigenvalue weighted by molar-refractivity contribution is 0.186. The molecule has 0 N–H and O–H groups in total. The Hall–Kier alpha value is -1.58. The van der Waals surface area contributed by atoms with Gasteiger partial charge in [-0.1, -0.05) is 35.5 Å². The second kappa shape index (κ2) is 8.84. The number of hydrogen-bond acceptors (Lipinski definition) is 5. The average Bonchev–Trinajstić information content (AvgIpc) is 3.01. The van der Waals surface area contributed by atoms with Crippen molar-refractivity contribution < 1.29 is 13.2 Å². The number of methoxy groups -OCH3 is 1. The number of fused-ring (bicyclic) bond motifs is 1. The van der Waals surface area contributed by atoms with Crippen molar-refractivity contribution in [2.75, 3.05) is 27.8 Å². The maximum atomic E-state index is 12.4. The summed E-state index contributed by atoms with van der Waals surface area (Å²) >= 11 is 7.66. The minimum Gasteiger partial charge on any atom is -0.383 e. The van der Waals surface area contributed by atoms with Gasteiger partial charge in [-0.05, 0) is 35.9 Å². The number of sulfonamides is 1. The Morgan fingerprint density at radius 1 is 1.21 bits per heavy atom. The van der Waals surface area contributed by atoms with Gasteiger partial charge in [0.25, 0.3) is 0 Å². The lowest BCUT2D eigenvalue weighted by atomic mass is 10.2. The summed E-state index contributed by atoms with van der Waals surface area (Å²) in [4.78, 5) is 4.99. The third-order valence-corrected chi connectivity index (χ3v) is 7.33. The lowest BCUT2D eigenvalue weighted by Gasteiger charge is -2.12. The SMILES string of the molecule is COCCn1c(SCc2cccc(S(=O)(=O)N(C)C)c2)nc2cc(Cl)ccc21. The van der Waals surface area contributed by atoms with Crippen LogP contribution in [-0.4, -0.2) is 50.1 Å². The van der Waals surface area contributed by atoms with E-state index in [9.17, 15) is 8.42 Å². The molecule has 9 heteroatoms. The van der Waals surface area contributed by atoms with Gasteiger partial charge in [-0.15, -0.1) is 0 Å². The highest BCUT2D eigenvalue weighted by Gasteiger charge is 2.18. The Balaban J connectivity index is 1.87. The molecule has 0 saturated carbocycles. The Morgan fingerprint density at radius 3 is 2.71 bits per heavy atom. The predicted octanol–water partition coefficient (Wildman–Crippen LogP) is 3.88. The molecule has 1 heterocycles. The van der Waals surface area contributed by atoms with Crippen molar-refractivity contribution in [1.82, 2.24) is 13.9 Å². The van der Waals surface area contributed by atoms with Crippen LogP contribution in [0.25, 0.3) is 11.0 Å². The van der Waals surface area contributed by atoms with Gasteiger partial charge < -0.3 is 9.30 Å². The second-order valence-electron chi connectivity index (χ2n) is 6.40. The Kier molecular flexibility index (Phi) is 6.67. The topological polar surface area (TPSA) is 64.4 Å². The van der Waals surface area contributed by atoms with Gasteiger partial charge in [-0.3, -0.25) is 0 Å². The molecular weight excluding hydrogens is 418 g/mol. The van der Waals surface area contributed by atoms with E-state index in [0.717, 1.165) is 21.8 Å². The first-order valence-electron chi connectivity index (χ1n) is 8.62. The maximum absolute atomic E-state index is 12.4. The van der Waals surface area contributed by atoms with Crippen LogP contribution in [0.1, 0.15) is 5.56 Å². The third kappa shape index (κ3) is 4.52. The van der Waals surface area contributed by atoms with E-state index in [1.165, 1.54) is 18.4 Å². The molecule has 0 radical (unpaired) electrons. The van der Waals surface area contributed by atoms with Gasteiger partial charge in [0.15, 0.2) is 5.16 Å². The number of rotatable bonds is 8. The van der Waals surface area contributed by atoms with Crippen LogP contribution in [0, 0.1) is 0 Å². The fourth-order valence-corrected chi connectivity index (χ4v) is 4.87. The number of aromatic nitrogens is 2. The van der Waals surface area contributed by atoms with E-state index < -0.39 is 10.0 Å². The van der Waals surface area contributed by atoms with Gasteiger partial charge in [0, 0.05) is 38.5 Å². The fourth-order valence-electron chi connectivity index (χ4n) is 2.74. The quantitative estimate of drug-likeness (QED) is 0.498. The normalized spacial score (nSPS) is 12.2. The molecule has 0 aliphatic carbocycles. The molecule has 3 rings (SSSR count). The van der Waals surface area contributed by atoms with Gasteiger partial charge >= 0.3 is 0 Å². The zero-order valence-corrected chi connectivity index (χ0v) is 18.3. The molecule has 0 atom stereocenters. The Bertz CT molecular complexity index is 1080. The molecule has 0 unspecified atom stereocenters. The van der Waals surface area contributed by atoms with Crippen LogP contribution in [0.3, 0.4) is 0 Å². The number of nitrogens with zero attached hydrogens (tertiary/aromatic N) is 3. The first-order valence-corrected chi connectivity index (χ1v) is 11.4. The minimum absolute atomic E-state index is 0.287. The van der Waals surface area contributed by atoms with E-state index in [-0.39, 0.29) is 4.90 Å². The molecule has 0 bridgehead atoms. The highest BCUT2D eigenvalue weighted by Crippen LogP contribution is 2.29. The van der Waals surface area contributed by atoms with Crippen LogP contribution >= 0.6 is 23.4 Å². The molecule has 150 valence electrons. The minimum atomic E-state index is -3.46. The molecule has 1 aromatic heterocycles. The van der Waals surface area contributed by atoms with Crippen LogP contribution in [0.15, 0.2) is 52.5 Å². The number of thioether (sulfide) groups is 1. The van der Waals surface area contributed by atoms with E-state index in [1.807, 2.05) is 24.3 Å². The second-order valence-corrected chi connectivity index (χ2v) is 9.93. The molecular formula is C19H22ClN3O3S2. The molecule has 2 aromatic carbocycles. The number of hydrogen-bond donors (Lipinski definition) is 0. The van der Waals surface area contributed by atoms with E-state index in [4.69, 9.17) is 21.3 Å². The first-order chi connectivity index (χ1) is 13.3. The molecule has 28 heavy (non-hydrogen) atoms. The summed E-state index contributed by atoms with van der Waals surface area (Å²) in [5.74, 6) is 0.598. The number of halogens is 1. The number of ether oxygens (including phenoxy) is 1.